The van der Waals surface area contributed by atoms with Gasteiger partial charge >= 0.3 is 0 Å². The van der Waals surface area contributed by atoms with Crippen molar-refractivity contribution in [2.24, 2.45) is 10.8 Å². The van der Waals surface area contributed by atoms with E-state index < -0.39 is 8.32 Å². The van der Waals surface area contributed by atoms with Gasteiger partial charge in [-0.3, -0.25) is 0 Å². The lowest BCUT2D eigenvalue weighted by Crippen LogP contribution is -2.63. The third-order valence-electron chi connectivity index (χ3n) is 5.20. The first-order valence-corrected chi connectivity index (χ1v) is 9.90. The summed E-state index contributed by atoms with van der Waals surface area (Å²) in [5.41, 5.74) is 0.329. The molecule has 1 rings (SSSR count). The Labute approximate surface area is 108 Å². The van der Waals surface area contributed by atoms with Gasteiger partial charge in [0.1, 0.15) is 0 Å². The predicted octanol–water partition coefficient (Wildman–Crippen LogP) is 3.81. The molecule has 0 spiro atoms. The van der Waals surface area contributed by atoms with Crippen molar-refractivity contribution in [3.63, 3.8) is 0 Å². The third kappa shape index (κ3) is 2.61. The molecule has 1 unspecified atom stereocenters. The highest BCUT2D eigenvalue weighted by atomic mass is 28.4. The van der Waals surface area contributed by atoms with Crippen LogP contribution in [0, 0.1) is 10.8 Å². The summed E-state index contributed by atoms with van der Waals surface area (Å²) in [4.78, 5) is 0. The highest BCUT2D eigenvalue weighted by Crippen LogP contribution is 2.58. The van der Waals surface area contributed by atoms with Crippen LogP contribution >= 0.6 is 0 Å². The van der Waals surface area contributed by atoms with Gasteiger partial charge in [-0.2, -0.15) is 0 Å². The van der Waals surface area contributed by atoms with Gasteiger partial charge in [-0.1, -0.05) is 27.7 Å². The fraction of sp³-hybridized carbons (Fsp3) is 1.00. The Kier molecular flexibility index (Phi) is 3.89. The van der Waals surface area contributed by atoms with E-state index >= 15 is 0 Å². The van der Waals surface area contributed by atoms with Gasteiger partial charge in [0, 0.05) is 6.61 Å². The minimum absolute atomic E-state index is 0.104. The van der Waals surface area contributed by atoms with Crippen molar-refractivity contribution in [2.45, 2.75) is 72.2 Å². The molecule has 1 aliphatic rings. The van der Waals surface area contributed by atoms with Crippen LogP contribution < -0.4 is 0 Å². The molecule has 0 amide bonds. The molecule has 0 aromatic heterocycles. The van der Waals surface area contributed by atoms with Crippen molar-refractivity contribution in [3.05, 3.63) is 0 Å². The Morgan fingerprint density at radius 2 is 1.65 bits per heavy atom. The van der Waals surface area contributed by atoms with Crippen LogP contribution in [0.5, 0.6) is 0 Å². The fourth-order valence-corrected chi connectivity index (χ4v) is 7.77. The summed E-state index contributed by atoms with van der Waals surface area (Å²) in [6.45, 7) is 16.6. The number of rotatable bonds is 3. The number of aliphatic hydroxyl groups is 1. The van der Waals surface area contributed by atoms with Gasteiger partial charge < -0.3 is 9.53 Å². The van der Waals surface area contributed by atoms with E-state index in [1.165, 1.54) is 6.04 Å². The Bertz CT molecular complexity index is 284. The van der Waals surface area contributed by atoms with Crippen LogP contribution in [-0.4, -0.2) is 25.6 Å². The van der Waals surface area contributed by atoms with Crippen molar-refractivity contribution in [3.8, 4) is 0 Å². The molecule has 1 fully saturated rings. The van der Waals surface area contributed by atoms with E-state index in [1.807, 2.05) is 0 Å². The van der Waals surface area contributed by atoms with Crippen molar-refractivity contribution in [1.29, 1.82) is 0 Å². The maximum Gasteiger partial charge on any atom is 0.188 e. The minimum atomic E-state index is -1.58. The van der Waals surface area contributed by atoms with E-state index in [0.717, 1.165) is 12.8 Å². The predicted molar refractivity (Wildman–Crippen MR) is 75.7 cm³/mol. The molecule has 2 nitrogen and oxygen atoms in total. The van der Waals surface area contributed by atoms with Crippen LogP contribution in [0.2, 0.25) is 19.1 Å². The van der Waals surface area contributed by atoms with E-state index in [9.17, 15) is 0 Å². The zero-order chi connectivity index (χ0) is 13.5. The van der Waals surface area contributed by atoms with Crippen LogP contribution in [-0.2, 0) is 4.43 Å². The molecule has 0 aliphatic carbocycles. The Morgan fingerprint density at radius 3 is 2.12 bits per heavy atom. The molecular weight excluding hydrogens is 228 g/mol. The van der Waals surface area contributed by atoms with E-state index in [4.69, 9.17) is 9.53 Å². The summed E-state index contributed by atoms with van der Waals surface area (Å²) in [5, 5.41) is 9.10. The monoisotopic (exact) mass is 258 g/mol. The highest BCUT2D eigenvalue weighted by molar-refractivity contribution is 6.71. The van der Waals surface area contributed by atoms with Gasteiger partial charge in [0.2, 0.25) is 0 Å². The first-order valence-electron chi connectivity index (χ1n) is 6.79. The molecular formula is C14H30O2Si. The first-order chi connectivity index (χ1) is 7.47. The number of hydrogen-bond acceptors (Lipinski definition) is 2. The average Bonchev–Trinajstić information content (AvgIpc) is 2.09. The smallest absolute Gasteiger partial charge is 0.188 e. The molecule has 0 radical (unpaired) electrons. The summed E-state index contributed by atoms with van der Waals surface area (Å²) >= 11 is 0. The van der Waals surface area contributed by atoms with Crippen molar-refractivity contribution in [2.75, 3.05) is 6.61 Å². The number of hydrogen-bond donors (Lipinski definition) is 1. The molecule has 1 atom stereocenters. The fourth-order valence-electron chi connectivity index (χ4n) is 3.55. The molecule has 0 aromatic carbocycles. The summed E-state index contributed by atoms with van der Waals surface area (Å²) in [6, 6.07) is 1.21. The van der Waals surface area contributed by atoms with Crippen LogP contribution in [0.3, 0.4) is 0 Å². The average molecular weight is 258 g/mol. The van der Waals surface area contributed by atoms with E-state index in [2.05, 4.69) is 47.7 Å². The maximum absolute atomic E-state index is 9.10. The van der Waals surface area contributed by atoms with Gasteiger partial charge in [0.15, 0.2) is 8.32 Å². The molecule has 3 heteroatoms. The second-order valence-electron chi connectivity index (χ2n) is 7.61. The minimum Gasteiger partial charge on any atom is -0.412 e. The maximum atomic E-state index is 9.10. The van der Waals surface area contributed by atoms with E-state index in [-0.39, 0.29) is 17.6 Å². The van der Waals surface area contributed by atoms with Gasteiger partial charge in [-0.25, -0.2) is 0 Å². The second-order valence-corrected chi connectivity index (χ2v) is 11.7. The summed E-state index contributed by atoms with van der Waals surface area (Å²) in [5.74, 6) is 0. The second kappa shape index (κ2) is 4.36. The van der Waals surface area contributed by atoms with Crippen molar-refractivity contribution < 1.29 is 9.53 Å². The summed E-state index contributed by atoms with van der Waals surface area (Å²) in [7, 11) is -1.58. The highest BCUT2D eigenvalue weighted by Gasteiger charge is 2.58. The molecule has 0 saturated carbocycles. The van der Waals surface area contributed by atoms with Gasteiger partial charge in [-0.15, -0.1) is 0 Å². The summed E-state index contributed by atoms with van der Waals surface area (Å²) < 4.78 is 6.54. The SMILES string of the molecule is CC1(C)C[Si](C)(C)OC(C)(CCCO)C1(C)C. The summed E-state index contributed by atoms with van der Waals surface area (Å²) in [6.07, 6.45) is 1.79. The molecule has 0 aromatic rings. The topological polar surface area (TPSA) is 29.5 Å². The Balaban J connectivity index is 3.08. The normalized spacial score (nSPS) is 34.6. The number of aliphatic hydroxyl groups excluding tert-OH is 1. The molecule has 1 aliphatic heterocycles. The lowest BCUT2D eigenvalue weighted by molar-refractivity contribution is -0.125. The van der Waals surface area contributed by atoms with Crippen molar-refractivity contribution >= 4 is 8.32 Å². The van der Waals surface area contributed by atoms with Crippen LogP contribution in [0.1, 0.15) is 47.5 Å². The van der Waals surface area contributed by atoms with Gasteiger partial charge in [0.05, 0.1) is 5.60 Å². The van der Waals surface area contributed by atoms with Crippen LogP contribution in [0.25, 0.3) is 0 Å². The lowest BCUT2D eigenvalue weighted by atomic mass is 9.59. The zero-order valence-corrected chi connectivity index (χ0v) is 13.7. The molecule has 102 valence electrons. The largest absolute Gasteiger partial charge is 0.412 e. The molecule has 1 N–H and O–H groups in total. The van der Waals surface area contributed by atoms with Gasteiger partial charge in [0.25, 0.3) is 0 Å². The Morgan fingerprint density at radius 1 is 1.12 bits per heavy atom. The first kappa shape index (κ1) is 15.2. The zero-order valence-electron chi connectivity index (χ0n) is 12.7. The molecule has 17 heavy (non-hydrogen) atoms. The van der Waals surface area contributed by atoms with Gasteiger partial charge in [-0.05, 0) is 49.7 Å². The Hall–Kier alpha value is 0.137. The third-order valence-corrected chi connectivity index (χ3v) is 7.93. The van der Waals surface area contributed by atoms with Crippen LogP contribution in [0.4, 0.5) is 0 Å². The molecule has 1 saturated heterocycles. The standard InChI is InChI=1S/C14H30O2Si/c1-12(2)11-17(6,7)16-14(5,9-8-10-15)13(12,3)4/h15H,8-11H2,1-7H3. The molecule has 1 heterocycles. The van der Waals surface area contributed by atoms with E-state index in [1.54, 1.807) is 0 Å². The van der Waals surface area contributed by atoms with E-state index in [0.29, 0.717) is 5.41 Å². The van der Waals surface area contributed by atoms with Crippen molar-refractivity contribution in [1.82, 2.24) is 0 Å². The lowest BCUT2D eigenvalue weighted by Gasteiger charge is -2.61. The quantitative estimate of drug-likeness (QED) is 0.780. The van der Waals surface area contributed by atoms with Crippen LogP contribution in [0.15, 0.2) is 0 Å². The molecule has 0 bridgehead atoms.